The number of aryl methyl sites for hydroxylation is 1. The molecule has 0 heteroatoms. The van der Waals surface area contributed by atoms with Crippen molar-refractivity contribution in [2.24, 2.45) is 0 Å². The van der Waals surface area contributed by atoms with Crippen molar-refractivity contribution in [3.05, 3.63) is 59.7 Å². The minimum Gasteiger partial charge on any atom is -0.0616 e. The third kappa shape index (κ3) is 1.69. The Labute approximate surface area is 108 Å². The lowest BCUT2D eigenvalue weighted by molar-refractivity contribution is 0.876. The first-order valence-corrected chi connectivity index (χ1v) is 6.59. The molecule has 90 valence electrons. The van der Waals surface area contributed by atoms with Crippen molar-refractivity contribution in [2.75, 3.05) is 0 Å². The summed E-state index contributed by atoms with van der Waals surface area (Å²) >= 11 is 0. The fourth-order valence-corrected chi connectivity index (χ4v) is 2.70. The van der Waals surface area contributed by atoms with E-state index in [0.29, 0.717) is 5.92 Å². The molecule has 0 aromatic heterocycles. The first kappa shape index (κ1) is 11.3. The van der Waals surface area contributed by atoms with E-state index in [1.807, 2.05) is 0 Å². The monoisotopic (exact) mass is 234 g/mol. The van der Waals surface area contributed by atoms with Crippen LogP contribution in [-0.4, -0.2) is 0 Å². The van der Waals surface area contributed by atoms with Crippen LogP contribution < -0.4 is 0 Å². The Morgan fingerprint density at radius 1 is 0.778 bits per heavy atom. The number of rotatable bonds is 1. The topological polar surface area (TPSA) is 0 Å². The van der Waals surface area contributed by atoms with Gasteiger partial charge in [0.05, 0.1) is 0 Å². The van der Waals surface area contributed by atoms with Gasteiger partial charge in [-0.15, -0.1) is 0 Å². The molecule has 0 N–H and O–H groups in total. The number of hydrogen-bond donors (Lipinski definition) is 0. The molecule has 0 aliphatic carbocycles. The summed E-state index contributed by atoms with van der Waals surface area (Å²) in [6.07, 6.45) is 0. The molecule has 0 spiro atoms. The van der Waals surface area contributed by atoms with Gasteiger partial charge in [0.1, 0.15) is 0 Å². The highest BCUT2D eigenvalue weighted by atomic mass is 14.1. The van der Waals surface area contributed by atoms with Crippen LogP contribution in [0.5, 0.6) is 0 Å². The third-order valence-corrected chi connectivity index (χ3v) is 3.76. The zero-order valence-electron chi connectivity index (χ0n) is 11.2. The lowest BCUT2D eigenvalue weighted by Gasteiger charge is -2.13. The Morgan fingerprint density at radius 2 is 1.39 bits per heavy atom. The summed E-state index contributed by atoms with van der Waals surface area (Å²) in [5.74, 6) is 0.564. The van der Waals surface area contributed by atoms with Crippen LogP contribution in [0.2, 0.25) is 0 Å². The van der Waals surface area contributed by atoms with Gasteiger partial charge in [0.15, 0.2) is 0 Å². The lowest BCUT2D eigenvalue weighted by atomic mass is 9.92. The maximum atomic E-state index is 2.34. The van der Waals surface area contributed by atoms with Crippen LogP contribution in [0.3, 0.4) is 0 Å². The molecule has 0 heterocycles. The van der Waals surface area contributed by atoms with Crippen molar-refractivity contribution >= 4 is 21.5 Å². The van der Waals surface area contributed by atoms with E-state index >= 15 is 0 Å². The van der Waals surface area contributed by atoms with Gasteiger partial charge in [-0.25, -0.2) is 0 Å². The zero-order valence-corrected chi connectivity index (χ0v) is 11.2. The van der Waals surface area contributed by atoms with Crippen LogP contribution in [0, 0.1) is 6.92 Å². The van der Waals surface area contributed by atoms with Crippen molar-refractivity contribution in [3.8, 4) is 0 Å². The molecular weight excluding hydrogens is 216 g/mol. The van der Waals surface area contributed by atoms with Crippen molar-refractivity contribution in [1.82, 2.24) is 0 Å². The van der Waals surface area contributed by atoms with Gasteiger partial charge < -0.3 is 0 Å². The molecule has 0 saturated carbocycles. The second kappa shape index (κ2) is 4.13. The molecule has 3 aromatic carbocycles. The van der Waals surface area contributed by atoms with Gasteiger partial charge in [-0.05, 0) is 57.6 Å². The quantitative estimate of drug-likeness (QED) is 0.493. The first-order valence-electron chi connectivity index (χ1n) is 6.59. The van der Waals surface area contributed by atoms with Crippen LogP contribution >= 0.6 is 0 Å². The molecule has 0 nitrogen and oxygen atoms in total. The van der Waals surface area contributed by atoms with Crippen LogP contribution in [0.25, 0.3) is 21.5 Å². The van der Waals surface area contributed by atoms with E-state index in [1.54, 1.807) is 0 Å². The molecule has 3 rings (SSSR count). The summed E-state index contributed by atoms with van der Waals surface area (Å²) in [5.41, 5.74) is 2.81. The second-order valence-electron chi connectivity index (χ2n) is 5.37. The molecule has 0 amide bonds. The average Bonchev–Trinajstić information content (AvgIpc) is 2.37. The van der Waals surface area contributed by atoms with Crippen molar-refractivity contribution in [2.45, 2.75) is 26.7 Å². The molecular formula is C18H18. The highest BCUT2D eigenvalue weighted by molar-refractivity contribution is 6.01. The third-order valence-electron chi connectivity index (χ3n) is 3.76. The van der Waals surface area contributed by atoms with E-state index in [0.717, 1.165) is 0 Å². The summed E-state index contributed by atoms with van der Waals surface area (Å²) in [7, 11) is 0. The fraction of sp³-hybridized carbons (Fsp3) is 0.222. The summed E-state index contributed by atoms with van der Waals surface area (Å²) < 4.78 is 0. The summed E-state index contributed by atoms with van der Waals surface area (Å²) in [6.45, 7) is 6.72. The molecule has 0 aliphatic heterocycles. The van der Waals surface area contributed by atoms with E-state index in [4.69, 9.17) is 0 Å². The van der Waals surface area contributed by atoms with Crippen LogP contribution in [0.1, 0.15) is 30.9 Å². The number of fused-ring (bicyclic) bond motifs is 2. The van der Waals surface area contributed by atoms with Gasteiger partial charge in [-0.2, -0.15) is 0 Å². The average molecular weight is 234 g/mol. The largest absolute Gasteiger partial charge is 0.0616 e. The van der Waals surface area contributed by atoms with E-state index < -0.39 is 0 Å². The maximum Gasteiger partial charge on any atom is -0.0140 e. The summed E-state index contributed by atoms with van der Waals surface area (Å²) in [4.78, 5) is 0. The summed E-state index contributed by atoms with van der Waals surface area (Å²) in [6, 6.07) is 17.8. The van der Waals surface area contributed by atoms with E-state index in [2.05, 4.69) is 69.3 Å². The molecule has 0 aliphatic rings. The van der Waals surface area contributed by atoms with Gasteiger partial charge in [-0.1, -0.05) is 50.2 Å². The minimum absolute atomic E-state index is 0.564. The lowest BCUT2D eigenvalue weighted by Crippen LogP contribution is -1.91. The number of hydrogen-bond acceptors (Lipinski definition) is 0. The van der Waals surface area contributed by atoms with E-state index in [-0.39, 0.29) is 0 Å². The highest BCUT2D eigenvalue weighted by Crippen LogP contribution is 2.31. The summed E-state index contributed by atoms with van der Waals surface area (Å²) in [5, 5.41) is 5.45. The molecule has 0 unspecified atom stereocenters. The molecule has 0 fully saturated rings. The maximum absolute atomic E-state index is 2.34. The fourth-order valence-electron chi connectivity index (χ4n) is 2.70. The Kier molecular flexibility index (Phi) is 2.59. The Bertz CT molecular complexity index is 721. The molecule has 0 radical (unpaired) electrons. The second-order valence-corrected chi connectivity index (χ2v) is 5.37. The Morgan fingerprint density at radius 3 is 2.00 bits per heavy atom. The molecule has 0 bridgehead atoms. The predicted molar refractivity (Wildman–Crippen MR) is 80.3 cm³/mol. The smallest absolute Gasteiger partial charge is 0.0140 e. The van der Waals surface area contributed by atoms with Gasteiger partial charge in [0.2, 0.25) is 0 Å². The van der Waals surface area contributed by atoms with Crippen molar-refractivity contribution in [1.29, 1.82) is 0 Å². The number of benzene rings is 3. The molecule has 0 saturated heterocycles. The Balaban J connectivity index is 2.48. The minimum atomic E-state index is 0.564. The molecule has 0 atom stereocenters. The standard InChI is InChI=1S/C18H18/c1-12(2)16-9-8-13(3)17-10-14-6-4-5-7-15(14)11-18(16)17/h4-12H,1-3H3. The van der Waals surface area contributed by atoms with Gasteiger partial charge in [-0.3, -0.25) is 0 Å². The van der Waals surface area contributed by atoms with Crippen molar-refractivity contribution < 1.29 is 0 Å². The van der Waals surface area contributed by atoms with Crippen LogP contribution in [-0.2, 0) is 0 Å². The highest BCUT2D eigenvalue weighted by Gasteiger charge is 2.08. The molecule has 3 aromatic rings. The van der Waals surface area contributed by atoms with E-state index in [9.17, 15) is 0 Å². The molecule has 18 heavy (non-hydrogen) atoms. The van der Waals surface area contributed by atoms with Gasteiger partial charge in [0, 0.05) is 0 Å². The SMILES string of the molecule is Cc1ccc(C(C)C)c2cc3ccccc3cc12. The van der Waals surface area contributed by atoms with Crippen LogP contribution in [0.4, 0.5) is 0 Å². The van der Waals surface area contributed by atoms with Crippen LogP contribution in [0.15, 0.2) is 48.5 Å². The Hall–Kier alpha value is -1.82. The van der Waals surface area contributed by atoms with Gasteiger partial charge in [0.25, 0.3) is 0 Å². The van der Waals surface area contributed by atoms with Gasteiger partial charge >= 0.3 is 0 Å². The van der Waals surface area contributed by atoms with Crippen molar-refractivity contribution in [3.63, 3.8) is 0 Å². The first-order chi connectivity index (χ1) is 8.66. The zero-order chi connectivity index (χ0) is 12.7. The predicted octanol–water partition coefficient (Wildman–Crippen LogP) is 5.42. The van der Waals surface area contributed by atoms with E-state index in [1.165, 1.54) is 32.7 Å². The normalized spacial score (nSPS) is 11.6.